The van der Waals surface area contributed by atoms with Gasteiger partial charge in [-0.05, 0) is 31.5 Å². The number of nitrogens with zero attached hydrogens (tertiary/aromatic N) is 1. The number of rotatable bonds is 9. The van der Waals surface area contributed by atoms with Crippen LogP contribution in [0.25, 0.3) is 0 Å². The van der Waals surface area contributed by atoms with Gasteiger partial charge in [0.1, 0.15) is 0 Å². The van der Waals surface area contributed by atoms with E-state index in [1.807, 2.05) is 6.92 Å². The van der Waals surface area contributed by atoms with Crippen LogP contribution in [0.2, 0.25) is 0 Å². The zero-order valence-corrected chi connectivity index (χ0v) is 16.8. The predicted octanol–water partition coefficient (Wildman–Crippen LogP) is 3.23. The van der Waals surface area contributed by atoms with Crippen molar-refractivity contribution < 1.29 is 28.8 Å². The normalized spacial score (nSPS) is 11.3. The molecule has 9 heteroatoms. The summed E-state index contributed by atoms with van der Waals surface area (Å²) in [6, 6.07) is 10.0. The Kier molecular flexibility index (Phi) is 7.62. The van der Waals surface area contributed by atoms with Crippen molar-refractivity contribution >= 4 is 23.3 Å². The smallest absolute Gasteiger partial charge is 0.338 e. The van der Waals surface area contributed by atoms with Crippen molar-refractivity contribution in [1.29, 1.82) is 0 Å². The lowest BCUT2D eigenvalue weighted by Gasteiger charge is -2.13. The highest BCUT2D eigenvalue weighted by Gasteiger charge is 2.20. The second-order valence-corrected chi connectivity index (χ2v) is 6.42. The first-order valence-corrected chi connectivity index (χ1v) is 9.21. The molecule has 0 radical (unpaired) electrons. The Bertz CT molecular complexity index is 954. The molecule has 0 saturated carbocycles. The zero-order valence-electron chi connectivity index (χ0n) is 16.8. The van der Waals surface area contributed by atoms with Gasteiger partial charge in [-0.25, -0.2) is 4.79 Å². The molecule has 0 spiro atoms. The number of benzene rings is 2. The first kappa shape index (κ1) is 22.5. The van der Waals surface area contributed by atoms with E-state index in [1.165, 1.54) is 19.1 Å². The summed E-state index contributed by atoms with van der Waals surface area (Å²) in [6.07, 6.45) is 0. The molecule has 0 unspecified atom stereocenters. The van der Waals surface area contributed by atoms with E-state index in [0.717, 1.165) is 11.6 Å². The van der Waals surface area contributed by atoms with Gasteiger partial charge in [-0.3, -0.25) is 19.7 Å². The van der Waals surface area contributed by atoms with Gasteiger partial charge in [0, 0.05) is 18.6 Å². The van der Waals surface area contributed by atoms with Crippen molar-refractivity contribution in [3.63, 3.8) is 0 Å². The topological polar surface area (TPSA) is 125 Å². The maximum Gasteiger partial charge on any atom is 0.338 e. The molecule has 2 aromatic carbocycles. The monoisotopic (exact) mass is 414 g/mol. The van der Waals surface area contributed by atoms with Gasteiger partial charge in [0.15, 0.2) is 18.1 Å². The van der Waals surface area contributed by atoms with Crippen LogP contribution in [0.4, 0.5) is 5.69 Å². The molecule has 0 saturated heterocycles. The lowest BCUT2D eigenvalue weighted by atomic mass is 10.0. The van der Waals surface area contributed by atoms with Crippen molar-refractivity contribution in [2.24, 2.45) is 0 Å². The van der Waals surface area contributed by atoms with Gasteiger partial charge in [0.05, 0.1) is 23.1 Å². The highest BCUT2D eigenvalue weighted by molar-refractivity contribution is 5.99. The van der Waals surface area contributed by atoms with Crippen molar-refractivity contribution in [3.8, 4) is 5.75 Å². The lowest BCUT2D eigenvalue weighted by Crippen LogP contribution is -2.23. The molecule has 30 heavy (non-hydrogen) atoms. The van der Waals surface area contributed by atoms with Crippen LogP contribution >= 0.6 is 0 Å². The Morgan fingerprint density at radius 1 is 1.10 bits per heavy atom. The third-order valence-electron chi connectivity index (χ3n) is 4.18. The summed E-state index contributed by atoms with van der Waals surface area (Å²) in [6.45, 7) is 4.64. The van der Waals surface area contributed by atoms with Crippen LogP contribution in [-0.2, 0) is 9.53 Å². The number of ketones is 1. The Balaban J connectivity index is 2.02. The highest BCUT2D eigenvalue weighted by Crippen LogP contribution is 2.28. The van der Waals surface area contributed by atoms with Gasteiger partial charge < -0.3 is 14.8 Å². The molecule has 0 fully saturated rings. The largest absolute Gasteiger partial charge is 0.487 e. The summed E-state index contributed by atoms with van der Waals surface area (Å²) in [5.41, 5.74) is 0.735. The van der Waals surface area contributed by atoms with Crippen LogP contribution in [0.15, 0.2) is 42.5 Å². The van der Waals surface area contributed by atoms with Crippen molar-refractivity contribution in [2.75, 3.05) is 13.2 Å². The van der Waals surface area contributed by atoms with Gasteiger partial charge in [0.2, 0.25) is 5.91 Å². The summed E-state index contributed by atoms with van der Waals surface area (Å²) in [7, 11) is 0. The molecule has 2 rings (SSSR count). The SMILES string of the molecule is CCOc1ccc(C(=O)OCC(=O)c2ccc([C@H](C)NC(C)=O)cc2)cc1[N+](=O)[O-]. The minimum absolute atomic E-state index is 0.0451. The minimum Gasteiger partial charge on any atom is -0.487 e. The molecular formula is C21H22N2O7. The molecular weight excluding hydrogens is 392 g/mol. The number of nitrogens with one attached hydrogen (secondary N) is 1. The van der Waals surface area contributed by atoms with Crippen molar-refractivity contribution in [2.45, 2.75) is 26.8 Å². The van der Waals surface area contributed by atoms with Crippen LogP contribution in [0.1, 0.15) is 53.1 Å². The number of hydrogen-bond donors (Lipinski definition) is 1. The molecule has 1 atom stereocenters. The van der Waals surface area contributed by atoms with E-state index in [9.17, 15) is 24.5 Å². The maximum atomic E-state index is 12.3. The second-order valence-electron chi connectivity index (χ2n) is 6.42. The standard InChI is InChI=1S/C21H22N2O7/c1-4-29-20-10-9-17(11-18(20)23(27)28)21(26)30-12-19(25)16-7-5-15(6-8-16)13(2)22-14(3)24/h5-11,13H,4,12H2,1-3H3,(H,22,24)/t13-/m0/s1. The maximum absolute atomic E-state index is 12.3. The van der Waals surface area contributed by atoms with E-state index < -0.39 is 23.3 Å². The summed E-state index contributed by atoms with van der Waals surface area (Å²) in [5, 5.41) is 13.9. The van der Waals surface area contributed by atoms with Crippen LogP contribution in [0.3, 0.4) is 0 Å². The molecule has 0 bridgehead atoms. The molecule has 1 N–H and O–H groups in total. The number of carbonyl (C=O) groups excluding carboxylic acids is 3. The van der Waals surface area contributed by atoms with E-state index in [2.05, 4.69) is 5.32 Å². The van der Waals surface area contributed by atoms with Crippen LogP contribution in [-0.4, -0.2) is 35.8 Å². The number of nitro benzene ring substituents is 1. The summed E-state index contributed by atoms with van der Waals surface area (Å²) in [5.74, 6) is -1.40. The van der Waals surface area contributed by atoms with E-state index >= 15 is 0 Å². The number of hydrogen-bond acceptors (Lipinski definition) is 7. The number of esters is 1. The minimum atomic E-state index is -0.856. The average molecular weight is 414 g/mol. The van der Waals surface area contributed by atoms with Crippen molar-refractivity contribution in [1.82, 2.24) is 5.32 Å². The third kappa shape index (κ3) is 5.87. The molecule has 0 aliphatic rings. The van der Waals surface area contributed by atoms with E-state index in [0.29, 0.717) is 5.56 Å². The van der Waals surface area contributed by atoms with E-state index in [1.54, 1.807) is 31.2 Å². The molecule has 0 aliphatic heterocycles. The number of nitro groups is 1. The van der Waals surface area contributed by atoms with Gasteiger partial charge in [0.25, 0.3) is 0 Å². The molecule has 1 amide bonds. The van der Waals surface area contributed by atoms with E-state index in [-0.39, 0.29) is 35.6 Å². The third-order valence-corrected chi connectivity index (χ3v) is 4.18. The Hall–Kier alpha value is -3.75. The molecule has 2 aromatic rings. The fraction of sp³-hybridized carbons (Fsp3) is 0.286. The number of ether oxygens (including phenoxy) is 2. The van der Waals surface area contributed by atoms with Gasteiger partial charge in [-0.2, -0.15) is 0 Å². The average Bonchev–Trinajstić information content (AvgIpc) is 2.71. The van der Waals surface area contributed by atoms with Crippen LogP contribution in [0.5, 0.6) is 5.75 Å². The zero-order chi connectivity index (χ0) is 22.3. The summed E-state index contributed by atoms with van der Waals surface area (Å²) in [4.78, 5) is 46.1. The van der Waals surface area contributed by atoms with Gasteiger partial charge >= 0.3 is 11.7 Å². The number of Topliss-reactive ketones (excluding diaryl/α,β-unsaturated/α-hetero) is 1. The lowest BCUT2D eigenvalue weighted by molar-refractivity contribution is -0.385. The Morgan fingerprint density at radius 2 is 1.73 bits per heavy atom. The van der Waals surface area contributed by atoms with Crippen LogP contribution in [0, 0.1) is 10.1 Å². The molecule has 9 nitrogen and oxygen atoms in total. The summed E-state index contributed by atoms with van der Waals surface area (Å²) < 4.78 is 10.2. The molecule has 0 heterocycles. The molecule has 158 valence electrons. The number of carbonyl (C=O) groups is 3. The quantitative estimate of drug-likeness (QED) is 0.289. The highest BCUT2D eigenvalue weighted by atomic mass is 16.6. The second kappa shape index (κ2) is 10.1. The fourth-order valence-electron chi connectivity index (χ4n) is 2.71. The van der Waals surface area contributed by atoms with E-state index in [4.69, 9.17) is 9.47 Å². The molecule has 0 aliphatic carbocycles. The summed E-state index contributed by atoms with van der Waals surface area (Å²) >= 11 is 0. The first-order valence-electron chi connectivity index (χ1n) is 9.21. The number of amides is 1. The molecule has 0 aromatic heterocycles. The predicted molar refractivity (Wildman–Crippen MR) is 108 cm³/mol. The Labute approximate surface area is 173 Å². The van der Waals surface area contributed by atoms with Gasteiger partial charge in [-0.1, -0.05) is 24.3 Å². The first-order chi connectivity index (χ1) is 14.2. The van der Waals surface area contributed by atoms with Gasteiger partial charge in [-0.15, -0.1) is 0 Å². The Morgan fingerprint density at radius 3 is 2.30 bits per heavy atom. The van der Waals surface area contributed by atoms with Crippen LogP contribution < -0.4 is 10.1 Å². The fourth-order valence-corrected chi connectivity index (χ4v) is 2.71. The van der Waals surface area contributed by atoms with Crippen molar-refractivity contribution in [3.05, 3.63) is 69.3 Å².